The fourth-order valence-corrected chi connectivity index (χ4v) is 3.43. The molecule has 2 nitrogen and oxygen atoms in total. The number of rotatable bonds is 4. The van der Waals surface area contributed by atoms with Crippen molar-refractivity contribution in [3.63, 3.8) is 0 Å². The predicted octanol–water partition coefficient (Wildman–Crippen LogP) is 3.93. The number of carbonyl (C=O) groups excluding carboxylic acids is 1. The second-order valence-corrected chi connectivity index (χ2v) is 11.4. The van der Waals surface area contributed by atoms with Gasteiger partial charge in [-0.2, -0.15) is 0 Å². The maximum atomic E-state index is 11.6. The van der Waals surface area contributed by atoms with Crippen molar-refractivity contribution in [1.29, 1.82) is 0 Å². The minimum absolute atomic E-state index is 0.126. The van der Waals surface area contributed by atoms with E-state index < -0.39 is 8.32 Å². The van der Waals surface area contributed by atoms with E-state index in [9.17, 15) is 4.79 Å². The lowest BCUT2D eigenvalue weighted by molar-refractivity contribution is -0.117. The molecular formula is C14H26O2Si. The summed E-state index contributed by atoms with van der Waals surface area (Å²) in [5.74, 6) is 0.703. The van der Waals surface area contributed by atoms with Gasteiger partial charge in [0.2, 0.25) is 0 Å². The molecule has 0 amide bonds. The Morgan fingerprint density at radius 1 is 1.41 bits per heavy atom. The van der Waals surface area contributed by atoms with Gasteiger partial charge in [-0.25, -0.2) is 0 Å². The molecule has 0 aromatic rings. The van der Waals surface area contributed by atoms with Gasteiger partial charge in [-0.1, -0.05) is 26.8 Å². The molecule has 3 heteroatoms. The van der Waals surface area contributed by atoms with E-state index >= 15 is 0 Å². The van der Waals surface area contributed by atoms with Crippen LogP contribution < -0.4 is 0 Å². The fraction of sp³-hybridized carbons (Fsp3) is 0.786. The molecule has 0 unspecified atom stereocenters. The largest absolute Gasteiger partial charge is 0.413 e. The molecule has 1 aliphatic carbocycles. The number of ketones is 1. The van der Waals surface area contributed by atoms with E-state index in [1.165, 1.54) is 0 Å². The van der Waals surface area contributed by atoms with Crippen molar-refractivity contribution in [2.24, 2.45) is 5.92 Å². The summed E-state index contributed by atoms with van der Waals surface area (Å²) >= 11 is 0. The van der Waals surface area contributed by atoms with Crippen LogP contribution in [0.3, 0.4) is 0 Å². The number of allylic oxidation sites excluding steroid dienone is 1. The molecular weight excluding hydrogens is 228 g/mol. The van der Waals surface area contributed by atoms with Crippen LogP contribution in [0.1, 0.15) is 40.0 Å². The molecule has 0 aliphatic heterocycles. The molecule has 0 bridgehead atoms. The third-order valence-electron chi connectivity index (χ3n) is 4.17. The summed E-state index contributed by atoms with van der Waals surface area (Å²) in [5, 5.41) is 0.206. The average molecular weight is 254 g/mol. The zero-order chi connectivity index (χ0) is 13.3. The number of carbonyl (C=O) groups is 1. The quantitative estimate of drug-likeness (QED) is 0.561. The molecule has 0 heterocycles. The first-order valence-corrected chi connectivity index (χ1v) is 9.38. The maximum absolute atomic E-state index is 11.6. The molecule has 2 atom stereocenters. The number of hydrogen-bond acceptors (Lipinski definition) is 2. The molecule has 0 spiro atoms. The zero-order valence-electron chi connectivity index (χ0n) is 11.9. The third kappa shape index (κ3) is 3.52. The van der Waals surface area contributed by atoms with Crippen LogP contribution in [0, 0.1) is 5.92 Å². The summed E-state index contributed by atoms with van der Waals surface area (Å²) in [6, 6.07) is 0. The second-order valence-electron chi connectivity index (χ2n) is 6.65. The molecule has 1 saturated carbocycles. The highest BCUT2D eigenvalue weighted by Crippen LogP contribution is 2.40. The van der Waals surface area contributed by atoms with Gasteiger partial charge in [0.1, 0.15) is 5.78 Å². The summed E-state index contributed by atoms with van der Waals surface area (Å²) in [7, 11) is -1.76. The Morgan fingerprint density at radius 3 is 2.47 bits per heavy atom. The fourth-order valence-electron chi connectivity index (χ4n) is 2.04. The maximum Gasteiger partial charge on any atom is 0.192 e. The van der Waals surface area contributed by atoms with E-state index in [1.807, 2.05) is 6.08 Å². The van der Waals surface area contributed by atoms with Crippen LogP contribution >= 0.6 is 0 Å². The summed E-state index contributed by atoms with van der Waals surface area (Å²) in [4.78, 5) is 11.6. The number of Topliss-reactive ketones (excluding diaryl/α,β-unsaturated/α-hetero) is 1. The molecule has 0 saturated heterocycles. The lowest BCUT2D eigenvalue weighted by atomic mass is 10.0. The van der Waals surface area contributed by atoms with Gasteiger partial charge in [0.25, 0.3) is 0 Å². The van der Waals surface area contributed by atoms with E-state index in [-0.39, 0.29) is 11.1 Å². The molecule has 17 heavy (non-hydrogen) atoms. The van der Waals surface area contributed by atoms with E-state index in [0.717, 1.165) is 6.42 Å². The Balaban J connectivity index is 2.73. The zero-order valence-corrected chi connectivity index (χ0v) is 12.9. The molecule has 0 aromatic carbocycles. The summed E-state index contributed by atoms with van der Waals surface area (Å²) in [6.07, 6.45) is 4.20. The van der Waals surface area contributed by atoms with Crippen LogP contribution in [0.15, 0.2) is 12.7 Å². The Kier molecular flexibility index (Phi) is 4.36. The third-order valence-corrected chi connectivity index (χ3v) is 8.67. The summed E-state index contributed by atoms with van der Waals surface area (Å²) < 4.78 is 6.37. The lowest BCUT2D eigenvalue weighted by Crippen LogP contribution is -2.44. The molecule has 1 fully saturated rings. The minimum atomic E-state index is -1.76. The number of hydrogen-bond donors (Lipinski definition) is 0. The van der Waals surface area contributed by atoms with Crippen LogP contribution in [0.25, 0.3) is 0 Å². The normalized spacial score (nSPS) is 26.3. The lowest BCUT2D eigenvalue weighted by Gasteiger charge is -2.39. The highest BCUT2D eigenvalue weighted by Gasteiger charge is 2.43. The van der Waals surface area contributed by atoms with Crippen molar-refractivity contribution in [2.45, 2.75) is 64.3 Å². The molecule has 0 N–H and O–H groups in total. The van der Waals surface area contributed by atoms with Crippen molar-refractivity contribution in [3.05, 3.63) is 12.7 Å². The first kappa shape index (κ1) is 14.6. The van der Waals surface area contributed by atoms with Crippen LogP contribution in [0.2, 0.25) is 18.1 Å². The Hall–Kier alpha value is -0.413. The smallest absolute Gasteiger partial charge is 0.192 e. The minimum Gasteiger partial charge on any atom is -0.413 e. The average Bonchev–Trinajstić information content (AvgIpc) is 2.44. The van der Waals surface area contributed by atoms with Gasteiger partial charge >= 0.3 is 0 Å². The molecule has 1 rings (SSSR count). The van der Waals surface area contributed by atoms with Crippen molar-refractivity contribution >= 4 is 14.1 Å². The van der Waals surface area contributed by atoms with Gasteiger partial charge in [0.05, 0.1) is 6.10 Å². The molecule has 0 aromatic heterocycles. The monoisotopic (exact) mass is 254 g/mol. The molecule has 98 valence electrons. The summed E-state index contributed by atoms with van der Waals surface area (Å²) in [5.41, 5.74) is 0. The molecule has 0 radical (unpaired) electrons. The Bertz CT molecular complexity index is 302. The van der Waals surface area contributed by atoms with Crippen molar-refractivity contribution in [3.8, 4) is 0 Å². The SMILES string of the molecule is C=CC[C@H]1CC(=O)C[C@@H]1O[Si](C)(C)C(C)(C)C. The van der Waals surface area contributed by atoms with Gasteiger partial charge < -0.3 is 4.43 Å². The summed E-state index contributed by atoms with van der Waals surface area (Å²) in [6.45, 7) is 15.0. The van der Waals surface area contributed by atoms with Crippen molar-refractivity contribution < 1.29 is 9.22 Å². The topological polar surface area (TPSA) is 26.3 Å². The van der Waals surface area contributed by atoms with E-state index in [2.05, 4.69) is 40.4 Å². The first-order chi connectivity index (χ1) is 7.67. The van der Waals surface area contributed by atoms with Gasteiger partial charge in [-0.3, -0.25) is 4.79 Å². The van der Waals surface area contributed by atoms with Crippen LogP contribution in [-0.2, 0) is 9.22 Å². The Labute approximate surface area is 107 Å². The van der Waals surface area contributed by atoms with Gasteiger partial charge in [0, 0.05) is 12.8 Å². The van der Waals surface area contributed by atoms with E-state index in [0.29, 0.717) is 24.5 Å². The highest BCUT2D eigenvalue weighted by molar-refractivity contribution is 6.74. The predicted molar refractivity (Wildman–Crippen MR) is 74.6 cm³/mol. The van der Waals surface area contributed by atoms with Crippen LogP contribution in [0.5, 0.6) is 0 Å². The first-order valence-electron chi connectivity index (χ1n) is 6.48. The molecule has 1 aliphatic rings. The highest BCUT2D eigenvalue weighted by atomic mass is 28.4. The van der Waals surface area contributed by atoms with E-state index in [4.69, 9.17) is 4.43 Å². The van der Waals surface area contributed by atoms with Gasteiger partial charge in [-0.15, -0.1) is 6.58 Å². The van der Waals surface area contributed by atoms with Crippen LogP contribution in [-0.4, -0.2) is 20.2 Å². The van der Waals surface area contributed by atoms with Crippen molar-refractivity contribution in [1.82, 2.24) is 0 Å². The van der Waals surface area contributed by atoms with Gasteiger partial charge in [0.15, 0.2) is 8.32 Å². The van der Waals surface area contributed by atoms with Crippen molar-refractivity contribution in [2.75, 3.05) is 0 Å². The van der Waals surface area contributed by atoms with Gasteiger partial charge in [-0.05, 0) is 30.5 Å². The Morgan fingerprint density at radius 2 is 2.00 bits per heavy atom. The van der Waals surface area contributed by atoms with E-state index in [1.54, 1.807) is 0 Å². The standard InChI is InChI=1S/C14H26O2Si/c1-7-8-11-9-12(15)10-13(11)16-17(5,6)14(2,3)4/h7,11,13H,1,8-10H2,2-6H3/t11-,13-/m0/s1. The second kappa shape index (κ2) is 5.07. The van der Waals surface area contributed by atoms with Crippen LogP contribution in [0.4, 0.5) is 0 Å².